The van der Waals surface area contributed by atoms with Crippen LogP contribution in [0.2, 0.25) is 0 Å². The summed E-state index contributed by atoms with van der Waals surface area (Å²) < 4.78 is 2.68. The fourth-order valence-corrected chi connectivity index (χ4v) is 1.69. The van der Waals surface area contributed by atoms with E-state index in [4.69, 9.17) is 0 Å². The average molecular weight is 287 g/mol. The monoisotopic (exact) mass is 287 g/mol. The van der Waals surface area contributed by atoms with Gasteiger partial charge in [0.15, 0.2) is 5.65 Å². The molecule has 0 aliphatic carbocycles. The van der Waals surface area contributed by atoms with Gasteiger partial charge in [0.05, 0.1) is 18.1 Å². The number of aromatic nitrogens is 3. The number of halogens is 1. The molecule has 0 radical (unpaired) electrons. The molecule has 0 aliphatic heterocycles. The molecule has 2 aromatic heterocycles. The number of carbonyl (C=O) groups is 1. The first-order valence-electron chi connectivity index (χ1n) is 3.72. The third-order valence-corrected chi connectivity index (χ3v) is 2.67. The highest BCUT2D eigenvalue weighted by atomic mass is 127. The summed E-state index contributed by atoms with van der Waals surface area (Å²) in [7, 11) is 0. The van der Waals surface area contributed by atoms with E-state index in [-0.39, 0.29) is 6.54 Å². The first-order chi connectivity index (χ1) is 6.33. The molecule has 4 nitrogen and oxygen atoms in total. The predicted molar refractivity (Wildman–Crippen MR) is 56.3 cm³/mol. The van der Waals surface area contributed by atoms with E-state index in [0.29, 0.717) is 0 Å². The standard InChI is InChI=1S/C8H6IN3O/c9-7-1-2-10-8-6(7)5-11-12(8)3-4-13/h1-2,4-5H,3H2. The van der Waals surface area contributed by atoms with E-state index in [1.165, 1.54) is 0 Å². The van der Waals surface area contributed by atoms with Crippen LogP contribution in [-0.4, -0.2) is 21.1 Å². The van der Waals surface area contributed by atoms with E-state index in [2.05, 4.69) is 32.7 Å². The molecular formula is C8H6IN3O. The van der Waals surface area contributed by atoms with Crippen molar-refractivity contribution in [2.45, 2.75) is 6.54 Å². The van der Waals surface area contributed by atoms with Crippen molar-refractivity contribution in [3.8, 4) is 0 Å². The van der Waals surface area contributed by atoms with Gasteiger partial charge in [0.25, 0.3) is 0 Å². The van der Waals surface area contributed by atoms with Gasteiger partial charge in [-0.25, -0.2) is 9.67 Å². The van der Waals surface area contributed by atoms with E-state index in [1.54, 1.807) is 17.1 Å². The summed E-state index contributed by atoms with van der Waals surface area (Å²) in [4.78, 5) is 14.5. The second-order valence-corrected chi connectivity index (χ2v) is 3.69. The molecule has 13 heavy (non-hydrogen) atoms. The van der Waals surface area contributed by atoms with Crippen LogP contribution in [0.25, 0.3) is 11.0 Å². The van der Waals surface area contributed by atoms with Gasteiger partial charge in [0.1, 0.15) is 6.29 Å². The molecule has 0 N–H and O–H groups in total. The van der Waals surface area contributed by atoms with Crippen molar-refractivity contribution in [2.24, 2.45) is 0 Å². The zero-order valence-electron chi connectivity index (χ0n) is 6.64. The van der Waals surface area contributed by atoms with Gasteiger partial charge >= 0.3 is 0 Å². The molecule has 2 aromatic rings. The molecule has 66 valence electrons. The summed E-state index contributed by atoms with van der Waals surface area (Å²) >= 11 is 2.22. The number of fused-ring (bicyclic) bond motifs is 1. The first-order valence-corrected chi connectivity index (χ1v) is 4.80. The number of rotatable bonds is 2. The van der Waals surface area contributed by atoms with Crippen molar-refractivity contribution in [3.05, 3.63) is 22.0 Å². The van der Waals surface area contributed by atoms with Crippen LogP contribution in [0, 0.1) is 3.57 Å². The lowest BCUT2D eigenvalue weighted by atomic mass is 10.4. The van der Waals surface area contributed by atoms with Crippen LogP contribution < -0.4 is 0 Å². The Kier molecular flexibility index (Phi) is 2.26. The Balaban J connectivity index is 2.67. The summed E-state index contributed by atoms with van der Waals surface area (Å²) in [6.07, 6.45) is 4.26. The maximum Gasteiger partial charge on any atom is 0.159 e. The van der Waals surface area contributed by atoms with Crippen LogP contribution in [0.3, 0.4) is 0 Å². The van der Waals surface area contributed by atoms with Crippen LogP contribution >= 0.6 is 22.6 Å². The molecular weight excluding hydrogens is 281 g/mol. The number of pyridine rings is 1. The molecule has 0 bridgehead atoms. The number of carbonyl (C=O) groups excluding carboxylic acids is 1. The highest BCUT2D eigenvalue weighted by Gasteiger charge is 2.04. The van der Waals surface area contributed by atoms with Gasteiger partial charge in [-0.05, 0) is 28.7 Å². The molecule has 0 fully saturated rings. The SMILES string of the molecule is O=CCn1ncc2c(I)ccnc21. The van der Waals surface area contributed by atoms with Crippen LogP contribution in [0.5, 0.6) is 0 Å². The third-order valence-electron chi connectivity index (χ3n) is 1.73. The molecule has 0 aromatic carbocycles. The Morgan fingerprint density at radius 2 is 2.46 bits per heavy atom. The maximum absolute atomic E-state index is 10.3. The minimum Gasteiger partial charge on any atom is -0.301 e. The van der Waals surface area contributed by atoms with Gasteiger partial charge < -0.3 is 4.79 Å². The number of hydrogen-bond donors (Lipinski definition) is 0. The van der Waals surface area contributed by atoms with E-state index >= 15 is 0 Å². The average Bonchev–Trinajstić information content (AvgIpc) is 2.51. The van der Waals surface area contributed by atoms with E-state index in [9.17, 15) is 4.79 Å². The van der Waals surface area contributed by atoms with Gasteiger partial charge in [-0.1, -0.05) is 0 Å². The fourth-order valence-electron chi connectivity index (χ4n) is 1.15. The molecule has 0 unspecified atom stereocenters. The number of nitrogens with zero attached hydrogens (tertiary/aromatic N) is 3. The van der Waals surface area contributed by atoms with Crippen LogP contribution in [0.4, 0.5) is 0 Å². The largest absolute Gasteiger partial charge is 0.301 e. The molecule has 0 atom stereocenters. The van der Waals surface area contributed by atoms with Crippen LogP contribution in [0.15, 0.2) is 18.5 Å². The van der Waals surface area contributed by atoms with Crippen molar-refractivity contribution >= 4 is 39.9 Å². The van der Waals surface area contributed by atoms with E-state index in [0.717, 1.165) is 20.9 Å². The van der Waals surface area contributed by atoms with E-state index < -0.39 is 0 Å². The van der Waals surface area contributed by atoms with Crippen LogP contribution in [0.1, 0.15) is 0 Å². The highest BCUT2D eigenvalue weighted by molar-refractivity contribution is 14.1. The topological polar surface area (TPSA) is 47.8 Å². The second-order valence-electron chi connectivity index (χ2n) is 2.52. The lowest BCUT2D eigenvalue weighted by molar-refractivity contribution is -0.108. The Morgan fingerprint density at radius 3 is 3.23 bits per heavy atom. The van der Waals surface area contributed by atoms with Crippen molar-refractivity contribution in [1.29, 1.82) is 0 Å². The fraction of sp³-hybridized carbons (Fsp3) is 0.125. The maximum atomic E-state index is 10.3. The molecule has 0 aliphatic rings. The van der Waals surface area contributed by atoms with E-state index in [1.807, 2.05) is 6.07 Å². The summed E-state index contributed by atoms with van der Waals surface area (Å²) in [5.74, 6) is 0. The second kappa shape index (κ2) is 3.41. The summed E-state index contributed by atoms with van der Waals surface area (Å²) in [6.45, 7) is 0.261. The van der Waals surface area contributed by atoms with Gasteiger partial charge in [0.2, 0.25) is 0 Å². The molecule has 5 heteroatoms. The molecule has 2 heterocycles. The lowest BCUT2D eigenvalue weighted by Crippen LogP contribution is -2.01. The van der Waals surface area contributed by atoms with Gasteiger partial charge in [-0.2, -0.15) is 5.10 Å². The van der Waals surface area contributed by atoms with Crippen molar-refractivity contribution in [3.63, 3.8) is 0 Å². The lowest BCUT2D eigenvalue weighted by Gasteiger charge is -1.96. The zero-order chi connectivity index (χ0) is 9.26. The van der Waals surface area contributed by atoms with Crippen molar-refractivity contribution in [2.75, 3.05) is 0 Å². The minimum absolute atomic E-state index is 0.261. The first kappa shape index (κ1) is 8.61. The zero-order valence-corrected chi connectivity index (χ0v) is 8.80. The Labute approximate surface area is 88.1 Å². The van der Waals surface area contributed by atoms with Crippen LogP contribution in [-0.2, 0) is 11.3 Å². The molecule has 2 rings (SSSR count). The van der Waals surface area contributed by atoms with Gasteiger partial charge in [-0.15, -0.1) is 0 Å². The van der Waals surface area contributed by atoms with Gasteiger partial charge in [0, 0.05) is 9.77 Å². The van der Waals surface area contributed by atoms with Crippen molar-refractivity contribution < 1.29 is 4.79 Å². The Morgan fingerprint density at radius 1 is 1.62 bits per heavy atom. The highest BCUT2D eigenvalue weighted by Crippen LogP contribution is 2.17. The summed E-state index contributed by atoms with van der Waals surface area (Å²) in [5, 5.41) is 5.05. The smallest absolute Gasteiger partial charge is 0.159 e. The normalized spacial score (nSPS) is 10.5. The number of aldehydes is 1. The Hall–Kier alpha value is -0.980. The molecule has 0 amide bonds. The quantitative estimate of drug-likeness (QED) is 0.616. The predicted octanol–water partition coefficient (Wildman–Crippen LogP) is 1.23. The molecule has 0 saturated carbocycles. The summed E-state index contributed by atoms with van der Waals surface area (Å²) in [5.41, 5.74) is 0.763. The number of hydrogen-bond acceptors (Lipinski definition) is 3. The molecule has 0 saturated heterocycles. The third kappa shape index (κ3) is 1.43. The van der Waals surface area contributed by atoms with Crippen molar-refractivity contribution in [1.82, 2.24) is 14.8 Å². The minimum atomic E-state index is 0.261. The Bertz CT molecular complexity index is 452. The van der Waals surface area contributed by atoms with Gasteiger partial charge in [-0.3, -0.25) is 0 Å². The summed E-state index contributed by atoms with van der Waals surface area (Å²) in [6, 6.07) is 1.91. The molecule has 0 spiro atoms.